The number of carbonyl (C=O) groups is 2. The van der Waals surface area contributed by atoms with Crippen LogP contribution >= 0.6 is 0 Å². The largest absolute Gasteiger partial charge is 0.466 e. The SMILES string of the molecule is CCCCCCCCCCCCCCCCCCC(=O)OCCCCCCCCCCC/C=C\C/C=C\CCCCCCCCCCCCCC(=O)NC(CO)C(O)CCCCCCCCCCCCCCCCC. The van der Waals surface area contributed by atoms with Crippen LogP contribution in [0.1, 0.15) is 380 Å². The van der Waals surface area contributed by atoms with Crippen molar-refractivity contribution in [3.05, 3.63) is 24.3 Å². The predicted octanol–water partition coefficient (Wildman–Crippen LogP) is 21.8. The zero-order valence-electron chi connectivity index (χ0n) is 50.8. The first-order valence-electron chi connectivity index (χ1n) is 34.1. The van der Waals surface area contributed by atoms with Crippen LogP contribution in [0.2, 0.25) is 0 Å². The van der Waals surface area contributed by atoms with Gasteiger partial charge in [-0.2, -0.15) is 0 Å². The Labute approximate surface area is 469 Å². The maximum atomic E-state index is 12.5. The number of aliphatic hydroxyl groups is 2. The van der Waals surface area contributed by atoms with E-state index in [-0.39, 0.29) is 18.5 Å². The van der Waals surface area contributed by atoms with Crippen LogP contribution in [-0.2, 0) is 14.3 Å². The quantitative estimate of drug-likeness (QED) is 0.0320. The molecule has 0 aliphatic heterocycles. The maximum Gasteiger partial charge on any atom is 0.305 e. The van der Waals surface area contributed by atoms with Crippen LogP contribution in [0.4, 0.5) is 0 Å². The molecule has 6 nitrogen and oxygen atoms in total. The molecule has 75 heavy (non-hydrogen) atoms. The fourth-order valence-corrected chi connectivity index (χ4v) is 10.8. The van der Waals surface area contributed by atoms with Crippen LogP contribution in [0.5, 0.6) is 0 Å². The van der Waals surface area contributed by atoms with Crippen molar-refractivity contribution in [1.29, 1.82) is 0 Å². The van der Waals surface area contributed by atoms with E-state index in [1.807, 2.05) is 0 Å². The summed E-state index contributed by atoms with van der Waals surface area (Å²) >= 11 is 0. The van der Waals surface area contributed by atoms with Crippen molar-refractivity contribution in [2.24, 2.45) is 0 Å². The number of hydrogen-bond acceptors (Lipinski definition) is 5. The topological polar surface area (TPSA) is 95.9 Å². The molecule has 0 radical (unpaired) electrons. The van der Waals surface area contributed by atoms with Gasteiger partial charge in [-0.3, -0.25) is 9.59 Å². The summed E-state index contributed by atoms with van der Waals surface area (Å²) in [5.74, 6) is -0.0209. The van der Waals surface area contributed by atoms with Crippen molar-refractivity contribution >= 4 is 11.9 Å². The minimum absolute atomic E-state index is 0.0147. The Morgan fingerprint density at radius 3 is 1.01 bits per heavy atom. The summed E-state index contributed by atoms with van der Waals surface area (Å²) in [6.07, 6.45) is 80.7. The molecule has 2 atom stereocenters. The zero-order chi connectivity index (χ0) is 54.3. The smallest absolute Gasteiger partial charge is 0.305 e. The average molecular weight is 1060 g/mol. The Balaban J connectivity index is 3.40. The Bertz CT molecular complexity index is 1170. The molecule has 0 bridgehead atoms. The summed E-state index contributed by atoms with van der Waals surface area (Å²) in [5.41, 5.74) is 0. The predicted molar refractivity (Wildman–Crippen MR) is 329 cm³/mol. The number of allylic oxidation sites excluding steroid dienone is 4. The van der Waals surface area contributed by atoms with Gasteiger partial charge in [-0.15, -0.1) is 0 Å². The van der Waals surface area contributed by atoms with E-state index in [1.54, 1.807) is 0 Å². The van der Waals surface area contributed by atoms with Gasteiger partial charge in [0, 0.05) is 12.8 Å². The van der Waals surface area contributed by atoms with E-state index in [2.05, 4.69) is 43.5 Å². The molecule has 0 fully saturated rings. The lowest BCUT2D eigenvalue weighted by molar-refractivity contribution is -0.143. The average Bonchev–Trinajstić information content (AvgIpc) is 3.41. The van der Waals surface area contributed by atoms with E-state index >= 15 is 0 Å². The molecule has 0 aromatic carbocycles. The number of aliphatic hydroxyl groups excluding tert-OH is 2. The third-order valence-corrected chi connectivity index (χ3v) is 16.0. The van der Waals surface area contributed by atoms with Gasteiger partial charge in [-0.05, 0) is 57.8 Å². The lowest BCUT2D eigenvalue weighted by atomic mass is 10.0. The monoisotopic (exact) mass is 1060 g/mol. The lowest BCUT2D eigenvalue weighted by Crippen LogP contribution is -2.45. The minimum Gasteiger partial charge on any atom is -0.466 e. The molecule has 444 valence electrons. The molecular weight excluding hydrogens is 923 g/mol. The van der Waals surface area contributed by atoms with E-state index in [4.69, 9.17) is 4.74 Å². The number of amides is 1. The van der Waals surface area contributed by atoms with E-state index in [0.29, 0.717) is 25.9 Å². The molecule has 0 aliphatic rings. The molecule has 0 aromatic rings. The molecule has 0 saturated carbocycles. The molecule has 2 unspecified atom stereocenters. The van der Waals surface area contributed by atoms with Crippen molar-refractivity contribution in [1.82, 2.24) is 5.32 Å². The Morgan fingerprint density at radius 2 is 0.667 bits per heavy atom. The molecular formula is C69H133NO5. The number of unbranched alkanes of at least 4 members (excludes halogenated alkanes) is 49. The first-order valence-corrected chi connectivity index (χ1v) is 34.1. The van der Waals surface area contributed by atoms with Crippen molar-refractivity contribution in [3.8, 4) is 0 Å². The van der Waals surface area contributed by atoms with E-state index in [1.165, 1.54) is 302 Å². The van der Waals surface area contributed by atoms with Crippen LogP contribution in [0, 0.1) is 0 Å². The van der Waals surface area contributed by atoms with Crippen molar-refractivity contribution in [3.63, 3.8) is 0 Å². The second-order valence-electron chi connectivity index (χ2n) is 23.5. The van der Waals surface area contributed by atoms with Gasteiger partial charge in [0.25, 0.3) is 0 Å². The number of rotatable bonds is 64. The third kappa shape index (κ3) is 61.4. The Kier molecular flexibility index (Phi) is 63.4. The van der Waals surface area contributed by atoms with Crippen LogP contribution in [-0.4, -0.2) is 47.4 Å². The standard InChI is InChI=1S/C69H133NO5/c1-3-5-7-9-11-13-15-17-19-35-39-43-47-51-55-59-63-69(74)75-64-60-56-52-48-44-40-36-32-30-28-26-24-22-20-21-23-25-27-29-31-34-38-42-46-50-54-58-62-68(73)70-66(65-71)67(72)61-57-53-49-45-41-37-33-18-16-14-12-10-8-6-4-2/h20-21,24,26,66-67,71-72H,3-19,22-23,25,27-65H2,1-2H3,(H,70,73)/b21-20-,26-24-. The summed E-state index contributed by atoms with van der Waals surface area (Å²) < 4.78 is 5.50. The summed E-state index contributed by atoms with van der Waals surface area (Å²) in [7, 11) is 0. The van der Waals surface area contributed by atoms with Crippen molar-refractivity contribution in [2.45, 2.75) is 392 Å². The first kappa shape index (κ1) is 73.3. The van der Waals surface area contributed by atoms with Crippen molar-refractivity contribution < 1.29 is 24.5 Å². The highest BCUT2D eigenvalue weighted by Gasteiger charge is 2.20. The van der Waals surface area contributed by atoms with Crippen molar-refractivity contribution in [2.75, 3.05) is 13.2 Å². The highest BCUT2D eigenvalue weighted by Crippen LogP contribution is 2.18. The summed E-state index contributed by atoms with van der Waals surface area (Å²) in [4.78, 5) is 24.6. The van der Waals surface area contributed by atoms with Gasteiger partial charge in [0.2, 0.25) is 5.91 Å². The van der Waals surface area contributed by atoms with Gasteiger partial charge in [0.1, 0.15) is 0 Å². The van der Waals surface area contributed by atoms with Gasteiger partial charge < -0.3 is 20.3 Å². The molecule has 6 heteroatoms. The summed E-state index contributed by atoms with van der Waals surface area (Å²) in [6.45, 7) is 4.98. The van der Waals surface area contributed by atoms with Gasteiger partial charge in [-0.1, -0.05) is 334 Å². The fraction of sp³-hybridized carbons (Fsp3) is 0.913. The molecule has 0 aromatic heterocycles. The second-order valence-corrected chi connectivity index (χ2v) is 23.5. The molecule has 0 saturated heterocycles. The van der Waals surface area contributed by atoms with Crippen LogP contribution < -0.4 is 5.32 Å². The highest BCUT2D eigenvalue weighted by molar-refractivity contribution is 5.76. The normalized spacial score (nSPS) is 12.6. The zero-order valence-corrected chi connectivity index (χ0v) is 50.8. The van der Waals surface area contributed by atoms with Gasteiger partial charge in [0.15, 0.2) is 0 Å². The molecule has 0 rings (SSSR count). The first-order chi connectivity index (χ1) is 37.0. The lowest BCUT2D eigenvalue weighted by Gasteiger charge is -2.22. The van der Waals surface area contributed by atoms with E-state index in [0.717, 1.165) is 44.9 Å². The number of nitrogens with one attached hydrogen (secondary N) is 1. The van der Waals surface area contributed by atoms with Crippen LogP contribution in [0.3, 0.4) is 0 Å². The van der Waals surface area contributed by atoms with Gasteiger partial charge >= 0.3 is 5.97 Å². The van der Waals surface area contributed by atoms with Gasteiger partial charge in [0.05, 0.1) is 25.4 Å². The van der Waals surface area contributed by atoms with E-state index < -0.39 is 12.1 Å². The second kappa shape index (κ2) is 64.9. The number of esters is 1. The molecule has 1 amide bonds. The number of carbonyl (C=O) groups excluding carboxylic acids is 2. The molecule has 0 aliphatic carbocycles. The summed E-state index contributed by atoms with van der Waals surface area (Å²) in [5, 5.41) is 23.3. The van der Waals surface area contributed by atoms with E-state index in [9.17, 15) is 19.8 Å². The summed E-state index contributed by atoms with van der Waals surface area (Å²) in [6, 6.07) is -0.543. The Hall–Kier alpha value is -1.66. The van der Waals surface area contributed by atoms with Crippen LogP contribution in [0.25, 0.3) is 0 Å². The molecule has 0 heterocycles. The van der Waals surface area contributed by atoms with Crippen LogP contribution in [0.15, 0.2) is 24.3 Å². The number of hydrogen-bond donors (Lipinski definition) is 3. The molecule has 3 N–H and O–H groups in total. The fourth-order valence-electron chi connectivity index (χ4n) is 10.8. The Morgan fingerprint density at radius 1 is 0.373 bits per heavy atom. The minimum atomic E-state index is -0.666. The third-order valence-electron chi connectivity index (χ3n) is 16.0. The highest BCUT2D eigenvalue weighted by atomic mass is 16.5. The van der Waals surface area contributed by atoms with Gasteiger partial charge in [-0.25, -0.2) is 0 Å². The molecule has 0 spiro atoms. The maximum absolute atomic E-state index is 12.5. The number of ether oxygens (including phenoxy) is 1.